The molecule has 1 saturated heterocycles. The molecule has 0 aromatic carbocycles. The van der Waals surface area contributed by atoms with Gasteiger partial charge in [-0.1, -0.05) is 12.1 Å². The second-order valence-corrected chi connectivity index (χ2v) is 8.71. The molecule has 0 radical (unpaired) electrons. The molecule has 29 heavy (non-hydrogen) atoms. The summed E-state index contributed by atoms with van der Waals surface area (Å²) in [5.41, 5.74) is 0. The first-order chi connectivity index (χ1) is 14.1. The molecule has 3 heterocycles. The van der Waals surface area contributed by atoms with Gasteiger partial charge in [-0.05, 0) is 41.7 Å². The molecule has 0 unspecified atom stereocenters. The molecule has 1 aliphatic heterocycles. The van der Waals surface area contributed by atoms with Crippen molar-refractivity contribution in [3.8, 4) is 0 Å². The van der Waals surface area contributed by atoms with Crippen molar-refractivity contribution in [1.29, 1.82) is 0 Å². The first kappa shape index (κ1) is 21.5. The van der Waals surface area contributed by atoms with Crippen molar-refractivity contribution >= 4 is 40.4 Å². The summed E-state index contributed by atoms with van der Waals surface area (Å²) in [5.74, 6) is -0.463. The second-order valence-electron chi connectivity index (χ2n) is 6.82. The minimum Gasteiger partial charge on any atom is -0.383 e. The van der Waals surface area contributed by atoms with Crippen molar-refractivity contribution in [1.82, 2.24) is 15.5 Å². The molecule has 1 atom stereocenters. The third kappa shape index (κ3) is 5.65. The Kier molecular flexibility index (Phi) is 7.79. The van der Waals surface area contributed by atoms with Crippen LogP contribution in [0.4, 0.5) is 0 Å². The largest absolute Gasteiger partial charge is 0.383 e. The number of nitrogens with zero attached hydrogens (tertiary/aromatic N) is 1. The van der Waals surface area contributed by atoms with Crippen molar-refractivity contribution in [2.45, 2.75) is 18.9 Å². The zero-order chi connectivity index (χ0) is 20.6. The summed E-state index contributed by atoms with van der Waals surface area (Å²) < 4.78 is 4.99. The Morgan fingerprint density at radius 2 is 1.79 bits per heavy atom. The third-order valence-corrected chi connectivity index (χ3v) is 6.68. The number of likely N-dealkylation sites (tertiary alicyclic amines) is 1. The van der Waals surface area contributed by atoms with Crippen LogP contribution in [0.15, 0.2) is 35.0 Å². The van der Waals surface area contributed by atoms with E-state index in [1.54, 1.807) is 13.2 Å². The van der Waals surface area contributed by atoms with Gasteiger partial charge in [0.25, 0.3) is 11.8 Å². The third-order valence-electron chi connectivity index (χ3n) is 4.95. The number of carbonyl (C=O) groups is 3. The Hall–Kier alpha value is -2.23. The number of piperidine rings is 1. The highest BCUT2D eigenvalue weighted by atomic mass is 32.1. The molecule has 2 aromatic heterocycles. The molecule has 3 amide bonds. The average molecular weight is 436 g/mol. The number of nitrogens with one attached hydrogen (secondary N) is 2. The Balaban J connectivity index is 1.63. The lowest BCUT2D eigenvalue weighted by molar-refractivity contribution is -0.124. The first-order valence-corrected chi connectivity index (χ1v) is 11.3. The first-order valence-electron chi connectivity index (χ1n) is 9.54. The number of hydrogen-bond donors (Lipinski definition) is 2. The molecule has 0 aliphatic carbocycles. The van der Waals surface area contributed by atoms with E-state index in [9.17, 15) is 14.4 Å². The van der Waals surface area contributed by atoms with Gasteiger partial charge in [-0.2, -0.15) is 0 Å². The molecule has 9 heteroatoms. The van der Waals surface area contributed by atoms with Crippen LogP contribution in [0.25, 0.3) is 0 Å². The Labute approximate surface area is 178 Å². The summed E-state index contributed by atoms with van der Waals surface area (Å²) in [5, 5.41) is 9.46. The SMILES string of the molecule is COCCNC(=O)[C@H](NC(=O)c1cccs1)C1CCN(C(=O)c2cccs2)CC1. The topological polar surface area (TPSA) is 87.7 Å². The Morgan fingerprint density at radius 1 is 1.14 bits per heavy atom. The fourth-order valence-electron chi connectivity index (χ4n) is 3.40. The molecule has 3 rings (SSSR count). The van der Waals surface area contributed by atoms with Gasteiger partial charge in [-0.3, -0.25) is 14.4 Å². The van der Waals surface area contributed by atoms with Crippen molar-refractivity contribution in [3.63, 3.8) is 0 Å². The highest BCUT2D eigenvalue weighted by molar-refractivity contribution is 7.12. The summed E-state index contributed by atoms with van der Waals surface area (Å²) in [6, 6.07) is 6.60. The summed E-state index contributed by atoms with van der Waals surface area (Å²) in [6.45, 7) is 1.93. The summed E-state index contributed by atoms with van der Waals surface area (Å²) in [4.78, 5) is 41.0. The van der Waals surface area contributed by atoms with Gasteiger partial charge in [0.2, 0.25) is 5.91 Å². The standard InChI is InChI=1S/C20H25N3O4S2/c1-27-11-8-21-19(25)17(22-18(24)15-4-2-12-28-15)14-6-9-23(10-7-14)20(26)16-5-3-13-29-16/h2-5,12-14,17H,6-11H2,1H3,(H,21,25)(H,22,24)/t17-/m1/s1. The van der Waals surface area contributed by atoms with E-state index in [1.807, 2.05) is 33.9 Å². The Bertz CT molecular complexity index is 800. The van der Waals surface area contributed by atoms with Gasteiger partial charge in [-0.15, -0.1) is 22.7 Å². The normalized spacial score (nSPS) is 15.7. The molecule has 1 aliphatic rings. The summed E-state index contributed by atoms with van der Waals surface area (Å²) >= 11 is 2.77. The predicted octanol–water partition coefficient (Wildman–Crippen LogP) is 2.22. The fourth-order valence-corrected chi connectivity index (χ4v) is 4.71. The van der Waals surface area contributed by atoms with E-state index in [2.05, 4.69) is 10.6 Å². The van der Waals surface area contributed by atoms with Crippen molar-refractivity contribution in [2.75, 3.05) is 33.4 Å². The summed E-state index contributed by atoms with van der Waals surface area (Å²) in [6.07, 6.45) is 1.31. The van der Waals surface area contributed by atoms with E-state index in [-0.39, 0.29) is 23.6 Å². The van der Waals surface area contributed by atoms with E-state index in [0.717, 1.165) is 4.88 Å². The van der Waals surface area contributed by atoms with Crippen molar-refractivity contribution in [2.24, 2.45) is 5.92 Å². The van der Waals surface area contributed by atoms with E-state index in [0.29, 0.717) is 44.0 Å². The number of thiophene rings is 2. The maximum absolute atomic E-state index is 12.8. The van der Waals surface area contributed by atoms with E-state index in [4.69, 9.17) is 4.74 Å². The van der Waals surface area contributed by atoms with Gasteiger partial charge in [0.1, 0.15) is 6.04 Å². The van der Waals surface area contributed by atoms with Gasteiger partial charge in [0.15, 0.2) is 0 Å². The van der Waals surface area contributed by atoms with Crippen LogP contribution < -0.4 is 10.6 Å². The van der Waals surface area contributed by atoms with Gasteiger partial charge < -0.3 is 20.3 Å². The van der Waals surface area contributed by atoms with Crippen LogP contribution in [0, 0.1) is 5.92 Å². The molecule has 0 bridgehead atoms. The molecule has 2 aromatic rings. The molecule has 156 valence electrons. The van der Waals surface area contributed by atoms with Crippen LogP contribution in [0.3, 0.4) is 0 Å². The average Bonchev–Trinajstić information content (AvgIpc) is 3.46. The molecular weight excluding hydrogens is 410 g/mol. The molecule has 0 saturated carbocycles. The number of amides is 3. The van der Waals surface area contributed by atoms with Crippen LogP contribution in [-0.2, 0) is 9.53 Å². The smallest absolute Gasteiger partial charge is 0.263 e. The minimum atomic E-state index is -0.638. The quantitative estimate of drug-likeness (QED) is 0.623. The molecule has 1 fully saturated rings. The maximum atomic E-state index is 12.8. The van der Waals surface area contributed by atoms with Gasteiger partial charge in [0.05, 0.1) is 16.4 Å². The van der Waals surface area contributed by atoms with Crippen molar-refractivity contribution in [3.05, 3.63) is 44.8 Å². The van der Waals surface area contributed by atoms with Gasteiger partial charge in [-0.25, -0.2) is 0 Å². The second kappa shape index (κ2) is 10.5. The zero-order valence-corrected chi connectivity index (χ0v) is 17.9. The number of methoxy groups -OCH3 is 1. The molecule has 2 N–H and O–H groups in total. The van der Waals surface area contributed by atoms with Crippen LogP contribution in [0.2, 0.25) is 0 Å². The molecule has 0 spiro atoms. The van der Waals surface area contributed by atoms with Gasteiger partial charge in [0, 0.05) is 26.7 Å². The van der Waals surface area contributed by atoms with E-state index >= 15 is 0 Å². The van der Waals surface area contributed by atoms with Crippen LogP contribution in [0.1, 0.15) is 32.2 Å². The number of ether oxygens (including phenoxy) is 1. The van der Waals surface area contributed by atoms with Crippen LogP contribution in [-0.4, -0.2) is 62.0 Å². The summed E-state index contributed by atoms with van der Waals surface area (Å²) in [7, 11) is 1.57. The highest BCUT2D eigenvalue weighted by Crippen LogP contribution is 2.24. The number of rotatable bonds is 8. The Morgan fingerprint density at radius 3 is 2.38 bits per heavy atom. The highest BCUT2D eigenvalue weighted by Gasteiger charge is 2.34. The lowest BCUT2D eigenvalue weighted by Gasteiger charge is -2.35. The van der Waals surface area contributed by atoms with Crippen LogP contribution >= 0.6 is 22.7 Å². The van der Waals surface area contributed by atoms with Crippen LogP contribution in [0.5, 0.6) is 0 Å². The monoisotopic (exact) mass is 435 g/mol. The lowest BCUT2D eigenvalue weighted by Crippen LogP contribution is -2.54. The van der Waals surface area contributed by atoms with E-state index in [1.165, 1.54) is 22.7 Å². The lowest BCUT2D eigenvalue weighted by atomic mass is 9.88. The number of hydrogen-bond acceptors (Lipinski definition) is 6. The van der Waals surface area contributed by atoms with Crippen molar-refractivity contribution < 1.29 is 19.1 Å². The fraction of sp³-hybridized carbons (Fsp3) is 0.450. The minimum absolute atomic E-state index is 0.0298. The number of carbonyl (C=O) groups excluding carboxylic acids is 3. The maximum Gasteiger partial charge on any atom is 0.263 e. The van der Waals surface area contributed by atoms with Gasteiger partial charge >= 0.3 is 0 Å². The predicted molar refractivity (Wildman–Crippen MR) is 113 cm³/mol. The van der Waals surface area contributed by atoms with E-state index < -0.39 is 6.04 Å². The zero-order valence-electron chi connectivity index (χ0n) is 16.3. The molecule has 7 nitrogen and oxygen atoms in total. The molecular formula is C20H25N3O4S2.